The van der Waals surface area contributed by atoms with E-state index in [1.54, 1.807) is 0 Å². The summed E-state index contributed by atoms with van der Waals surface area (Å²) >= 11 is 0. The lowest BCUT2D eigenvalue weighted by atomic mass is 10.00. The van der Waals surface area contributed by atoms with Crippen LogP contribution >= 0.6 is 0 Å². The number of nitriles is 1. The fourth-order valence-corrected chi connectivity index (χ4v) is 2.91. The van der Waals surface area contributed by atoms with Gasteiger partial charge in [-0.25, -0.2) is 0 Å². The molecule has 3 nitrogen and oxygen atoms in total. The Morgan fingerprint density at radius 3 is 1.88 bits per heavy atom. The number of rotatable bonds is 10. The van der Waals surface area contributed by atoms with Gasteiger partial charge in [0.25, 0.3) is 0 Å². The van der Waals surface area contributed by atoms with Crippen LogP contribution < -0.4 is 0 Å². The van der Waals surface area contributed by atoms with Crippen LogP contribution in [0.1, 0.15) is 56.1 Å². The van der Waals surface area contributed by atoms with Crippen molar-refractivity contribution >= 4 is 5.97 Å². The van der Waals surface area contributed by atoms with Crippen LogP contribution in [-0.2, 0) is 11.2 Å². The molecule has 0 saturated heterocycles. The molecule has 2 rings (SSSR count). The molecular formula is C22H25NO2. The standard InChI is InChI=1S/C22H25NO2/c23-17-19-11-15-21(16-12-19)20-13-9-18(10-14-20)7-5-3-1-2-4-6-8-22(24)25/h9-16H,1-8H2,(H,24,25). The molecule has 0 aromatic heterocycles. The Morgan fingerprint density at radius 1 is 0.800 bits per heavy atom. The molecular weight excluding hydrogens is 310 g/mol. The lowest BCUT2D eigenvalue weighted by Crippen LogP contribution is -1.93. The van der Waals surface area contributed by atoms with Crippen molar-refractivity contribution in [3.63, 3.8) is 0 Å². The first-order valence-corrected chi connectivity index (χ1v) is 9.00. The molecule has 0 saturated carbocycles. The number of hydrogen-bond donors (Lipinski definition) is 1. The second kappa shape index (κ2) is 10.3. The first kappa shape index (κ1) is 18.7. The highest BCUT2D eigenvalue weighted by Gasteiger charge is 2.00. The van der Waals surface area contributed by atoms with Gasteiger partial charge in [-0.3, -0.25) is 4.79 Å². The minimum Gasteiger partial charge on any atom is -0.481 e. The molecule has 2 aromatic carbocycles. The molecule has 3 heteroatoms. The molecule has 0 heterocycles. The minimum absolute atomic E-state index is 0.297. The maximum atomic E-state index is 10.4. The predicted molar refractivity (Wildman–Crippen MR) is 100 cm³/mol. The lowest BCUT2D eigenvalue weighted by Gasteiger charge is -2.05. The zero-order chi connectivity index (χ0) is 17.9. The number of aryl methyl sites for hydroxylation is 1. The number of carboxylic acid groups (broad SMARTS) is 1. The van der Waals surface area contributed by atoms with E-state index in [-0.39, 0.29) is 0 Å². The summed E-state index contributed by atoms with van der Waals surface area (Å²) in [6.07, 6.45) is 7.89. The van der Waals surface area contributed by atoms with E-state index in [2.05, 4.69) is 30.3 Å². The molecule has 0 fully saturated rings. The molecule has 1 N–H and O–H groups in total. The Kier molecular flexibility index (Phi) is 7.72. The fourth-order valence-electron chi connectivity index (χ4n) is 2.91. The van der Waals surface area contributed by atoms with Gasteiger partial charge in [-0.15, -0.1) is 0 Å². The van der Waals surface area contributed by atoms with E-state index in [0.29, 0.717) is 12.0 Å². The summed E-state index contributed by atoms with van der Waals surface area (Å²) in [6, 6.07) is 18.4. The van der Waals surface area contributed by atoms with Gasteiger partial charge < -0.3 is 5.11 Å². The average Bonchev–Trinajstić information content (AvgIpc) is 2.64. The van der Waals surface area contributed by atoms with E-state index in [0.717, 1.165) is 31.2 Å². The van der Waals surface area contributed by atoms with Crippen LogP contribution in [0.3, 0.4) is 0 Å². The van der Waals surface area contributed by atoms with Gasteiger partial charge in [-0.1, -0.05) is 62.1 Å². The van der Waals surface area contributed by atoms with E-state index in [4.69, 9.17) is 10.4 Å². The van der Waals surface area contributed by atoms with Gasteiger partial charge in [0.05, 0.1) is 11.6 Å². The fraction of sp³-hybridized carbons (Fsp3) is 0.364. The van der Waals surface area contributed by atoms with E-state index in [1.807, 2.05) is 24.3 Å². The maximum Gasteiger partial charge on any atom is 0.303 e. The van der Waals surface area contributed by atoms with Crippen LogP contribution in [0.15, 0.2) is 48.5 Å². The maximum absolute atomic E-state index is 10.4. The van der Waals surface area contributed by atoms with Crippen molar-refractivity contribution in [1.82, 2.24) is 0 Å². The molecule has 0 aliphatic carbocycles. The third kappa shape index (κ3) is 6.81. The zero-order valence-corrected chi connectivity index (χ0v) is 14.6. The van der Waals surface area contributed by atoms with Gasteiger partial charge in [0.1, 0.15) is 0 Å². The molecule has 130 valence electrons. The molecule has 0 radical (unpaired) electrons. The molecule has 2 aromatic rings. The molecule has 25 heavy (non-hydrogen) atoms. The van der Waals surface area contributed by atoms with Crippen LogP contribution in [0.25, 0.3) is 11.1 Å². The van der Waals surface area contributed by atoms with Crippen molar-refractivity contribution in [2.24, 2.45) is 0 Å². The van der Waals surface area contributed by atoms with Crippen molar-refractivity contribution in [2.45, 2.75) is 51.4 Å². The number of nitrogens with zero attached hydrogens (tertiary/aromatic N) is 1. The number of benzene rings is 2. The number of carbonyl (C=O) groups is 1. The van der Waals surface area contributed by atoms with E-state index in [1.165, 1.54) is 30.4 Å². The van der Waals surface area contributed by atoms with Crippen LogP contribution in [0.5, 0.6) is 0 Å². The normalized spacial score (nSPS) is 10.4. The van der Waals surface area contributed by atoms with E-state index >= 15 is 0 Å². The summed E-state index contributed by atoms with van der Waals surface area (Å²) in [5.41, 5.74) is 4.34. The highest BCUT2D eigenvalue weighted by molar-refractivity contribution is 5.66. The molecule has 0 amide bonds. The molecule has 0 aliphatic heterocycles. The molecule has 0 unspecified atom stereocenters. The third-order valence-corrected chi connectivity index (χ3v) is 4.41. The predicted octanol–water partition coefficient (Wildman–Crippen LogP) is 5.58. The van der Waals surface area contributed by atoms with Crippen molar-refractivity contribution < 1.29 is 9.90 Å². The lowest BCUT2D eigenvalue weighted by molar-refractivity contribution is -0.137. The molecule has 0 atom stereocenters. The van der Waals surface area contributed by atoms with Crippen molar-refractivity contribution in [2.75, 3.05) is 0 Å². The van der Waals surface area contributed by atoms with Gasteiger partial charge in [-0.2, -0.15) is 5.26 Å². The first-order valence-electron chi connectivity index (χ1n) is 9.00. The van der Waals surface area contributed by atoms with Gasteiger partial charge in [0.15, 0.2) is 0 Å². The summed E-state index contributed by atoms with van der Waals surface area (Å²) in [5.74, 6) is -0.690. The Morgan fingerprint density at radius 2 is 1.32 bits per heavy atom. The Labute approximate surface area is 149 Å². The van der Waals surface area contributed by atoms with Crippen LogP contribution in [0.4, 0.5) is 0 Å². The number of unbranched alkanes of at least 4 members (excludes halogenated alkanes) is 5. The highest BCUT2D eigenvalue weighted by Crippen LogP contribution is 2.21. The zero-order valence-electron chi connectivity index (χ0n) is 14.6. The number of hydrogen-bond acceptors (Lipinski definition) is 2. The van der Waals surface area contributed by atoms with Gasteiger partial charge >= 0.3 is 5.97 Å². The first-order chi connectivity index (χ1) is 12.2. The third-order valence-electron chi connectivity index (χ3n) is 4.41. The molecule has 0 spiro atoms. The van der Waals surface area contributed by atoms with E-state index < -0.39 is 5.97 Å². The Balaban J connectivity index is 1.68. The SMILES string of the molecule is N#Cc1ccc(-c2ccc(CCCCCCCCC(=O)O)cc2)cc1. The summed E-state index contributed by atoms with van der Waals surface area (Å²) < 4.78 is 0. The summed E-state index contributed by atoms with van der Waals surface area (Å²) in [6.45, 7) is 0. The largest absolute Gasteiger partial charge is 0.481 e. The monoisotopic (exact) mass is 335 g/mol. The van der Waals surface area contributed by atoms with Crippen molar-refractivity contribution in [3.8, 4) is 17.2 Å². The number of carboxylic acids is 1. The van der Waals surface area contributed by atoms with Gasteiger partial charge in [0.2, 0.25) is 0 Å². The van der Waals surface area contributed by atoms with Crippen molar-refractivity contribution in [3.05, 3.63) is 59.7 Å². The topological polar surface area (TPSA) is 61.1 Å². The Bertz CT molecular complexity index is 696. The summed E-state index contributed by atoms with van der Waals surface area (Å²) in [5, 5.41) is 17.4. The highest BCUT2D eigenvalue weighted by atomic mass is 16.4. The molecule has 0 aliphatic rings. The summed E-state index contributed by atoms with van der Waals surface area (Å²) in [7, 11) is 0. The van der Waals surface area contributed by atoms with Crippen LogP contribution in [0, 0.1) is 11.3 Å². The van der Waals surface area contributed by atoms with E-state index in [9.17, 15) is 4.79 Å². The molecule has 0 bridgehead atoms. The summed E-state index contributed by atoms with van der Waals surface area (Å²) in [4.78, 5) is 10.4. The smallest absolute Gasteiger partial charge is 0.303 e. The second-order valence-corrected chi connectivity index (χ2v) is 6.40. The van der Waals surface area contributed by atoms with Crippen molar-refractivity contribution in [1.29, 1.82) is 5.26 Å². The van der Waals surface area contributed by atoms with Gasteiger partial charge in [0, 0.05) is 6.42 Å². The quantitative estimate of drug-likeness (QED) is 0.576. The minimum atomic E-state index is -0.690. The van der Waals surface area contributed by atoms with Gasteiger partial charge in [-0.05, 0) is 48.1 Å². The average molecular weight is 335 g/mol. The number of aliphatic carboxylic acids is 1. The Hall–Kier alpha value is -2.60. The van der Waals surface area contributed by atoms with Crippen LogP contribution in [-0.4, -0.2) is 11.1 Å². The second-order valence-electron chi connectivity index (χ2n) is 6.40. The van der Waals surface area contributed by atoms with Crippen LogP contribution in [0.2, 0.25) is 0 Å².